The number of aliphatic hydroxyl groups is 1. The molecule has 1 N–H and O–H groups in total. The number of hydrogen-bond acceptors (Lipinski definition) is 10. The number of hydrogen-bond donors (Lipinski definition) is 1. The highest BCUT2D eigenvalue weighted by Gasteiger charge is 2.74. The van der Waals surface area contributed by atoms with E-state index in [2.05, 4.69) is 13.2 Å². The minimum atomic E-state index is -1.68. The molecule has 11 atom stereocenters. The first-order valence-electron chi connectivity index (χ1n) is 12.3. The van der Waals surface area contributed by atoms with Crippen LogP contribution in [0.15, 0.2) is 24.3 Å². The third-order valence-corrected chi connectivity index (χ3v) is 8.97. The second kappa shape index (κ2) is 9.39. The molecule has 4 aliphatic rings. The highest BCUT2D eigenvalue weighted by molar-refractivity contribution is 6.23. The standard InChI is InChI=1S/C26H33ClO10/c1-10-8-9-16(33-13(4)28)25(7)17(10)21(31)26-12(3)24(32)36-22(26)18(27)11(2)19(37-26)20(34-14(5)29)23(25)35-15(6)30/h12,16-23,31H,1-2,8-9H2,3-7H3/t12-,16-,17+,18-,19+,20+,21-,22-,23-,25-,26+/m0/s1. The van der Waals surface area contributed by atoms with Crippen LogP contribution in [0.1, 0.15) is 47.5 Å². The van der Waals surface area contributed by atoms with Crippen molar-refractivity contribution in [3.8, 4) is 0 Å². The molecule has 2 bridgehead atoms. The van der Waals surface area contributed by atoms with Crippen LogP contribution in [0, 0.1) is 17.3 Å². The molecule has 1 saturated carbocycles. The van der Waals surface area contributed by atoms with E-state index < -0.39 is 88.7 Å². The lowest BCUT2D eigenvalue weighted by molar-refractivity contribution is -0.291. The van der Waals surface area contributed by atoms with Crippen LogP contribution in [0.2, 0.25) is 0 Å². The Morgan fingerprint density at radius 3 is 2.24 bits per heavy atom. The smallest absolute Gasteiger partial charge is 0.312 e. The summed E-state index contributed by atoms with van der Waals surface area (Å²) in [4.78, 5) is 49.9. The van der Waals surface area contributed by atoms with Crippen molar-refractivity contribution in [2.24, 2.45) is 17.3 Å². The van der Waals surface area contributed by atoms with E-state index in [0.29, 0.717) is 18.4 Å². The van der Waals surface area contributed by atoms with Crippen molar-refractivity contribution in [1.82, 2.24) is 0 Å². The van der Waals surface area contributed by atoms with E-state index in [-0.39, 0.29) is 5.57 Å². The third-order valence-electron chi connectivity index (χ3n) is 8.46. The molecule has 4 fully saturated rings. The molecule has 3 heterocycles. The molecule has 10 nitrogen and oxygen atoms in total. The van der Waals surface area contributed by atoms with Gasteiger partial charge in [0.05, 0.1) is 22.8 Å². The van der Waals surface area contributed by atoms with E-state index >= 15 is 0 Å². The molecular weight excluding hydrogens is 508 g/mol. The minimum Gasteiger partial charge on any atom is -0.462 e. The molecule has 3 saturated heterocycles. The van der Waals surface area contributed by atoms with Crippen molar-refractivity contribution in [2.45, 2.75) is 95.1 Å². The zero-order valence-electron chi connectivity index (χ0n) is 21.5. The van der Waals surface area contributed by atoms with E-state index in [1.165, 1.54) is 20.8 Å². The first-order valence-corrected chi connectivity index (χ1v) is 12.7. The highest BCUT2D eigenvalue weighted by Crippen LogP contribution is 2.60. The molecular formula is C26H33ClO10. The van der Waals surface area contributed by atoms with Crippen molar-refractivity contribution < 1.29 is 48.0 Å². The summed E-state index contributed by atoms with van der Waals surface area (Å²) in [5.74, 6) is -4.51. The van der Waals surface area contributed by atoms with Crippen LogP contribution < -0.4 is 0 Å². The summed E-state index contributed by atoms with van der Waals surface area (Å²) >= 11 is 6.78. The number of carbonyl (C=O) groups is 4. The van der Waals surface area contributed by atoms with Crippen LogP contribution >= 0.6 is 11.6 Å². The van der Waals surface area contributed by atoms with Gasteiger partial charge in [-0.3, -0.25) is 19.2 Å². The summed E-state index contributed by atoms with van der Waals surface area (Å²) in [6.07, 6.45) is -6.53. The maximum Gasteiger partial charge on any atom is 0.312 e. The molecule has 0 aromatic heterocycles. The maximum atomic E-state index is 12.9. The summed E-state index contributed by atoms with van der Waals surface area (Å²) < 4.78 is 29.5. The zero-order chi connectivity index (χ0) is 27.6. The van der Waals surface area contributed by atoms with Gasteiger partial charge >= 0.3 is 23.9 Å². The molecule has 0 amide bonds. The van der Waals surface area contributed by atoms with Crippen LogP contribution in [0.25, 0.3) is 0 Å². The Kier molecular flexibility index (Phi) is 7.01. The summed E-state index contributed by atoms with van der Waals surface area (Å²) in [5, 5.41) is 11.2. The molecule has 0 radical (unpaired) electrons. The average molecular weight is 541 g/mol. The molecule has 1 spiro atoms. The SMILES string of the molecule is C=C1CC[C@H](OC(C)=O)[C@@]2(C)[C@H]1[C@H](O)[C@@]13O[C@H](C(=C)[C@H](Cl)[C@@H]1OC(=O)[C@@H]3C)[C@@H](OC(C)=O)[C@@H]2OC(C)=O. The second-order valence-electron chi connectivity index (χ2n) is 10.6. The molecule has 0 unspecified atom stereocenters. The van der Waals surface area contributed by atoms with Gasteiger partial charge in [0.2, 0.25) is 0 Å². The van der Waals surface area contributed by atoms with Crippen molar-refractivity contribution in [1.29, 1.82) is 0 Å². The minimum absolute atomic E-state index is 0.223. The molecule has 0 aromatic carbocycles. The van der Waals surface area contributed by atoms with E-state index in [4.69, 9.17) is 35.3 Å². The van der Waals surface area contributed by atoms with Gasteiger partial charge in [0.15, 0.2) is 18.3 Å². The number of carbonyl (C=O) groups excluding carboxylic acids is 4. The van der Waals surface area contributed by atoms with Gasteiger partial charge in [-0.15, -0.1) is 11.6 Å². The lowest BCUT2D eigenvalue weighted by atomic mass is 9.53. The molecule has 4 rings (SSSR count). The largest absolute Gasteiger partial charge is 0.462 e. The number of halogens is 1. The predicted octanol–water partition coefficient (Wildman–Crippen LogP) is 1.99. The number of rotatable bonds is 3. The fourth-order valence-corrected chi connectivity index (χ4v) is 7.19. The number of aliphatic hydroxyl groups excluding tert-OH is 1. The number of fused-ring (bicyclic) bond motifs is 2. The van der Waals surface area contributed by atoms with Crippen LogP contribution in [0.3, 0.4) is 0 Å². The second-order valence-corrected chi connectivity index (χ2v) is 11.1. The monoisotopic (exact) mass is 540 g/mol. The van der Waals surface area contributed by atoms with Gasteiger partial charge in [0, 0.05) is 26.7 Å². The van der Waals surface area contributed by atoms with E-state index in [1.54, 1.807) is 13.8 Å². The van der Waals surface area contributed by atoms with Crippen LogP contribution in [0.4, 0.5) is 0 Å². The van der Waals surface area contributed by atoms with Crippen molar-refractivity contribution in [3.63, 3.8) is 0 Å². The lowest BCUT2D eigenvalue weighted by Crippen LogP contribution is -2.74. The van der Waals surface area contributed by atoms with Gasteiger partial charge in [-0.25, -0.2) is 0 Å². The highest BCUT2D eigenvalue weighted by atomic mass is 35.5. The Morgan fingerprint density at radius 2 is 1.68 bits per heavy atom. The van der Waals surface area contributed by atoms with Gasteiger partial charge in [-0.1, -0.05) is 25.7 Å². The maximum absolute atomic E-state index is 12.9. The first-order chi connectivity index (χ1) is 17.2. The average Bonchev–Trinajstić information content (AvgIpc) is 3.05. The van der Waals surface area contributed by atoms with E-state index in [1.807, 2.05) is 0 Å². The fourth-order valence-electron chi connectivity index (χ4n) is 6.82. The Morgan fingerprint density at radius 1 is 1.08 bits per heavy atom. The van der Waals surface area contributed by atoms with Crippen LogP contribution in [-0.2, 0) is 42.9 Å². The Balaban J connectivity index is 2.04. The van der Waals surface area contributed by atoms with Gasteiger partial charge in [-0.2, -0.15) is 0 Å². The van der Waals surface area contributed by atoms with Crippen molar-refractivity contribution >= 4 is 35.5 Å². The third kappa shape index (κ3) is 3.99. The molecule has 0 aromatic rings. The zero-order valence-corrected chi connectivity index (χ0v) is 22.3. The fraction of sp³-hybridized carbons (Fsp3) is 0.692. The quantitative estimate of drug-likeness (QED) is 0.245. The normalized spacial score (nSPS) is 44.9. The summed E-state index contributed by atoms with van der Waals surface area (Å²) in [6.45, 7) is 15.1. The molecule has 37 heavy (non-hydrogen) atoms. The van der Waals surface area contributed by atoms with Gasteiger partial charge < -0.3 is 28.8 Å². The van der Waals surface area contributed by atoms with Crippen LogP contribution in [-0.4, -0.2) is 76.6 Å². The Hall–Kier alpha value is -2.43. The Bertz CT molecular complexity index is 1060. The predicted molar refractivity (Wildman–Crippen MR) is 128 cm³/mol. The first kappa shape index (κ1) is 27.6. The Labute approximate surface area is 220 Å². The van der Waals surface area contributed by atoms with Gasteiger partial charge in [0.25, 0.3) is 0 Å². The topological polar surface area (TPSA) is 135 Å². The van der Waals surface area contributed by atoms with E-state index in [9.17, 15) is 24.3 Å². The molecule has 204 valence electrons. The molecule has 1 aliphatic carbocycles. The summed E-state index contributed by atoms with van der Waals surface area (Å²) in [5.41, 5.74) is -2.26. The van der Waals surface area contributed by atoms with E-state index in [0.717, 1.165) is 0 Å². The summed E-state index contributed by atoms with van der Waals surface area (Å²) in [6, 6.07) is 0. The van der Waals surface area contributed by atoms with Crippen LogP contribution in [0.5, 0.6) is 0 Å². The van der Waals surface area contributed by atoms with Crippen molar-refractivity contribution in [3.05, 3.63) is 24.3 Å². The van der Waals surface area contributed by atoms with Gasteiger partial charge in [0.1, 0.15) is 17.8 Å². The van der Waals surface area contributed by atoms with Gasteiger partial charge in [-0.05, 0) is 25.3 Å². The number of ether oxygens (including phenoxy) is 5. The molecule has 3 aliphatic heterocycles. The summed E-state index contributed by atoms with van der Waals surface area (Å²) in [7, 11) is 0. The lowest BCUT2D eigenvalue weighted by Gasteiger charge is -2.61. The number of esters is 4. The molecule has 11 heteroatoms. The number of alkyl halides is 1. The van der Waals surface area contributed by atoms with Crippen molar-refractivity contribution in [2.75, 3.05) is 0 Å².